The van der Waals surface area contributed by atoms with E-state index in [0.717, 1.165) is 19.6 Å². The third-order valence-electron chi connectivity index (χ3n) is 2.73. The molecule has 0 atom stereocenters. The van der Waals surface area contributed by atoms with Crippen LogP contribution in [-0.4, -0.2) is 39.6 Å². The summed E-state index contributed by atoms with van der Waals surface area (Å²) in [4.78, 5) is 20.2. The Labute approximate surface area is 95.1 Å². The first-order chi connectivity index (χ1) is 7.58. The molecule has 0 aromatic carbocycles. The molecule has 0 amide bonds. The van der Waals surface area contributed by atoms with Crippen molar-refractivity contribution in [2.75, 3.05) is 19.6 Å². The molecule has 0 saturated carbocycles. The number of H-pyrrole nitrogens is 1. The van der Waals surface area contributed by atoms with Crippen molar-refractivity contribution >= 4 is 0 Å². The normalized spacial score (nSPS) is 11.0. The van der Waals surface area contributed by atoms with Gasteiger partial charge in [-0.25, -0.2) is 4.98 Å². The Bertz CT molecular complexity index is 397. The predicted molar refractivity (Wildman–Crippen MR) is 62.8 cm³/mol. The fourth-order valence-electron chi connectivity index (χ4n) is 1.49. The summed E-state index contributed by atoms with van der Waals surface area (Å²) in [5.41, 5.74) is 0.00800. The van der Waals surface area contributed by atoms with Crippen LogP contribution in [0.1, 0.15) is 25.2 Å². The summed E-state index contributed by atoms with van der Waals surface area (Å²) >= 11 is 0. The number of aromatic hydroxyl groups is 1. The molecule has 0 aliphatic rings. The van der Waals surface area contributed by atoms with Crippen molar-refractivity contribution in [3.05, 3.63) is 21.7 Å². The topological polar surface area (TPSA) is 69.2 Å². The zero-order chi connectivity index (χ0) is 12.1. The second-order valence-corrected chi connectivity index (χ2v) is 3.74. The molecule has 1 heterocycles. The Morgan fingerprint density at radius 2 is 2.00 bits per heavy atom. The highest BCUT2D eigenvalue weighted by Gasteiger charge is 2.07. The van der Waals surface area contributed by atoms with Gasteiger partial charge in [0, 0.05) is 13.0 Å². The van der Waals surface area contributed by atoms with E-state index in [1.54, 1.807) is 6.92 Å². The van der Waals surface area contributed by atoms with E-state index in [1.807, 2.05) is 0 Å². The third-order valence-corrected chi connectivity index (χ3v) is 2.73. The smallest absolute Gasteiger partial charge is 0.257 e. The second-order valence-electron chi connectivity index (χ2n) is 3.74. The highest BCUT2D eigenvalue weighted by atomic mass is 16.3. The van der Waals surface area contributed by atoms with Gasteiger partial charge in [0.1, 0.15) is 5.82 Å². The van der Waals surface area contributed by atoms with Crippen molar-refractivity contribution in [2.45, 2.75) is 27.2 Å². The van der Waals surface area contributed by atoms with E-state index in [9.17, 15) is 9.90 Å². The summed E-state index contributed by atoms with van der Waals surface area (Å²) in [5.74, 6) is 0.373. The van der Waals surface area contributed by atoms with Gasteiger partial charge in [0.05, 0.1) is 5.56 Å². The lowest BCUT2D eigenvalue weighted by Gasteiger charge is -2.17. The minimum absolute atomic E-state index is 0.168. The van der Waals surface area contributed by atoms with Crippen molar-refractivity contribution in [2.24, 2.45) is 0 Å². The first-order valence-electron chi connectivity index (χ1n) is 5.59. The Kier molecular flexibility index (Phi) is 4.49. The van der Waals surface area contributed by atoms with Crippen molar-refractivity contribution in [1.29, 1.82) is 0 Å². The van der Waals surface area contributed by atoms with Gasteiger partial charge in [0.15, 0.2) is 0 Å². The number of nitrogens with zero attached hydrogens (tertiary/aromatic N) is 2. The molecule has 0 unspecified atom stereocenters. The van der Waals surface area contributed by atoms with Gasteiger partial charge >= 0.3 is 0 Å². The number of aromatic amines is 1. The van der Waals surface area contributed by atoms with E-state index in [-0.39, 0.29) is 17.0 Å². The van der Waals surface area contributed by atoms with Crippen LogP contribution in [0.25, 0.3) is 0 Å². The summed E-state index contributed by atoms with van der Waals surface area (Å²) in [6.07, 6.45) is 0.644. The summed E-state index contributed by atoms with van der Waals surface area (Å²) in [6, 6.07) is 0. The van der Waals surface area contributed by atoms with Crippen LogP contribution < -0.4 is 5.56 Å². The lowest BCUT2D eigenvalue weighted by Crippen LogP contribution is -2.26. The average Bonchev–Trinajstić information content (AvgIpc) is 2.27. The van der Waals surface area contributed by atoms with E-state index in [2.05, 4.69) is 28.7 Å². The number of rotatable bonds is 5. The molecule has 5 heteroatoms. The SMILES string of the molecule is CCN(CC)CCc1nc(O)c(C)c(=O)[nH]1. The molecule has 16 heavy (non-hydrogen) atoms. The summed E-state index contributed by atoms with van der Waals surface area (Å²) in [7, 11) is 0. The van der Waals surface area contributed by atoms with Gasteiger partial charge in [-0.3, -0.25) is 4.79 Å². The van der Waals surface area contributed by atoms with Crippen molar-refractivity contribution < 1.29 is 5.11 Å². The van der Waals surface area contributed by atoms with Gasteiger partial charge < -0.3 is 15.0 Å². The zero-order valence-corrected chi connectivity index (χ0v) is 10.1. The molecule has 2 N–H and O–H groups in total. The van der Waals surface area contributed by atoms with Crippen LogP contribution in [-0.2, 0) is 6.42 Å². The highest BCUT2D eigenvalue weighted by Crippen LogP contribution is 2.06. The molecule has 0 radical (unpaired) electrons. The molecule has 0 bridgehead atoms. The number of likely N-dealkylation sites (N-methyl/N-ethyl adjacent to an activating group) is 1. The molecule has 5 nitrogen and oxygen atoms in total. The van der Waals surface area contributed by atoms with E-state index in [1.165, 1.54) is 0 Å². The molecular weight excluding hydrogens is 206 g/mol. The van der Waals surface area contributed by atoms with Crippen molar-refractivity contribution in [1.82, 2.24) is 14.9 Å². The molecule has 90 valence electrons. The van der Waals surface area contributed by atoms with Crippen LogP contribution in [0.4, 0.5) is 0 Å². The summed E-state index contributed by atoms with van der Waals surface area (Å²) in [6.45, 7) is 8.50. The summed E-state index contributed by atoms with van der Waals surface area (Å²) < 4.78 is 0. The van der Waals surface area contributed by atoms with Crippen LogP contribution >= 0.6 is 0 Å². The first-order valence-corrected chi connectivity index (χ1v) is 5.59. The standard InChI is InChI=1S/C11H19N3O2/c1-4-14(5-2)7-6-9-12-10(15)8(3)11(16)13-9/h4-7H2,1-3H3,(H2,12,13,15,16). The predicted octanol–water partition coefficient (Wildman–Crippen LogP) is 0.668. The van der Waals surface area contributed by atoms with Gasteiger partial charge in [-0.1, -0.05) is 13.8 Å². The van der Waals surface area contributed by atoms with Gasteiger partial charge in [-0.05, 0) is 20.0 Å². The highest BCUT2D eigenvalue weighted by molar-refractivity contribution is 5.20. The van der Waals surface area contributed by atoms with Crippen molar-refractivity contribution in [3.63, 3.8) is 0 Å². The second kappa shape index (κ2) is 5.65. The molecule has 0 saturated heterocycles. The Hall–Kier alpha value is -1.36. The van der Waals surface area contributed by atoms with Crippen LogP contribution in [0.2, 0.25) is 0 Å². The number of hydrogen-bond donors (Lipinski definition) is 2. The number of nitrogens with one attached hydrogen (secondary N) is 1. The Morgan fingerprint density at radius 1 is 1.38 bits per heavy atom. The van der Waals surface area contributed by atoms with Crippen LogP contribution in [0.3, 0.4) is 0 Å². The first kappa shape index (κ1) is 12.7. The van der Waals surface area contributed by atoms with Crippen LogP contribution in [0.5, 0.6) is 5.88 Å². The van der Waals surface area contributed by atoms with E-state index in [0.29, 0.717) is 12.2 Å². The maximum Gasteiger partial charge on any atom is 0.257 e. The van der Waals surface area contributed by atoms with Crippen LogP contribution in [0, 0.1) is 6.92 Å². The van der Waals surface area contributed by atoms with Crippen molar-refractivity contribution in [3.8, 4) is 5.88 Å². The van der Waals surface area contributed by atoms with Crippen LogP contribution in [0.15, 0.2) is 4.79 Å². The van der Waals surface area contributed by atoms with Gasteiger partial charge in [-0.2, -0.15) is 0 Å². The number of hydrogen-bond acceptors (Lipinski definition) is 4. The maximum atomic E-state index is 11.4. The molecule has 0 aliphatic carbocycles. The maximum absolute atomic E-state index is 11.4. The zero-order valence-electron chi connectivity index (χ0n) is 10.1. The van der Waals surface area contributed by atoms with Gasteiger partial charge in [-0.15, -0.1) is 0 Å². The lowest BCUT2D eigenvalue weighted by molar-refractivity contribution is 0.305. The molecular formula is C11H19N3O2. The Morgan fingerprint density at radius 3 is 2.50 bits per heavy atom. The van der Waals surface area contributed by atoms with Gasteiger partial charge in [0.25, 0.3) is 5.56 Å². The summed E-state index contributed by atoms with van der Waals surface area (Å²) in [5, 5.41) is 9.42. The molecule has 1 aromatic heterocycles. The fraction of sp³-hybridized carbons (Fsp3) is 0.636. The number of aromatic nitrogens is 2. The monoisotopic (exact) mass is 225 g/mol. The minimum Gasteiger partial charge on any atom is -0.493 e. The molecule has 0 fully saturated rings. The quantitative estimate of drug-likeness (QED) is 0.772. The molecule has 0 spiro atoms. The molecule has 0 aliphatic heterocycles. The fourth-order valence-corrected chi connectivity index (χ4v) is 1.49. The van der Waals surface area contributed by atoms with E-state index < -0.39 is 0 Å². The molecule has 1 aromatic rings. The molecule has 1 rings (SSSR count). The lowest BCUT2D eigenvalue weighted by atomic mass is 10.3. The Balaban J connectivity index is 2.72. The third kappa shape index (κ3) is 3.06. The average molecular weight is 225 g/mol. The van der Waals surface area contributed by atoms with E-state index >= 15 is 0 Å². The van der Waals surface area contributed by atoms with Gasteiger partial charge in [0.2, 0.25) is 5.88 Å². The largest absolute Gasteiger partial charge is 0.493 e. The minimum atomic E-state index is -0.262. The van der Waals surface area contributed by atoms with E-state index in [4.69, 9.17) is 0 Å².